The SMILES string of the molecule is N#CCC(=O)Oc1ccc(C=O)cc1. The maximum absolute atomic E-state index is 10.9. The Kier molecular flexibility index (Phi) is 3.39. The van der Waals surface area contributed by atoms with Crippen LogP contribution in [0.1, 0.15) is 16.8 Å². The summed E-state index contributed by atoms with van der Waals surface area (Å²) in [7, 11) is 0. The first-order valence-corrected chi connectivity index (χ1v) is 3.89. The Morgan fingerprint density at radius 1 is 1.43 bits per heavy atom. The van der Waals surface area contributed by atoms with E-state index in [1.54, 1.807) is 6.07 Å². The lowest BCUT2D eigenvalue weighted by Crippen LogP contribution is -2.06. The van der Waals surface area contributed by atoms with Gasteiger partial charge in [0.1, 0.15) is 18.5 Å². The molecule has 0 aliphatic rings. The molecule has 0 radical (unpaired) electrons. The van der Waals surface area contributed by atoms with E-state index in [1.807, 2.05) is 0 Å². The highest BCUT2D eigenvalue weighted by atomic mass is 16.5. The van der Waals surface area contributed by atoms with Crippen LogP contribution in [0.2, 0.25) is 0 Å². The maximum Gasteiger partial charge on any atom is 0.325 e. The van der Waals surface area contributed by atoms with Crippen molar-refractivity contribution in [1.29, 1.82) is 5.26 Å². The molecule has 0 unspecified atom stereocenters. The molecule has 0 fully saturated rings. The molecule has 0 aliphatic heterocycles. The van der Waals surface area contributed by atoms with Crippen LogP contribution in [0.25, 0.3) is 0 Å². The van der Waals surface area contributed by atoms with Crippen molar-refractivity contribution < 1.29 is 14.3 Å². The van der Waals surface area contributed by atoms with E-state index < -0.39 is 5.97 Å². The quantitative estimate of drug-likeness (QED) is 0.408. The summed E-state index contributed by atoms with van der Waals surface area (Å²) >= 11 is 0. The lowest BCUT2D eigenvalue weighted by atomic mass is 10.2. The van der Waals surface area contributed by atoms with Gasteiger partial charge in [0, 0.05) is 5.56 Å². The second-order valence-electron chi connectivity index (χ2n) is 2.50. The summed E-state index contributed by atoms with van der Waals surface area (Å²) in [5.74, 6) is -0.276. The minimum absolute atomic E-state index is 0.282. The van der Waals surface area contributed by atoms with Crippen LogP contribution in [0.4, 0.5) is 0 Å². The molecule has 70 valence electrons. The van der Waals surface area contributed by atoms with Crippen LogP contribution in [0, 0.1) is 11.3 Å². The van der Waals surface area contributed by atoms with Crippen LogP contribution in [0.3, 0.4) is 0 Å². The predicted molar refractivity (Wildman–Crippen MR) is 47.7 cm³/mol. The van der Waals surface area contributed by atoms with Gasteiger partial charge >= 0.3 is 5.97 Å². The van der Waals surface area contributed by atoms with Gasteiger partial charge in [-0.3, -0.25) is 9.59 Å². The van der Waals surface area contributed by atoms with E-state index in [0.717, 1.165) is 0 Å². The number of nitrogens with zero attached hydrogens (tertiary/aromatic N) is 1. The van der Waals surface area contributed by atoms with Gasteiger partial charge < -0.3 is 4.74 Å². The molecule has 14 heavy (non-hydrogen) atoms. The molecule has 0 amide bonds. The highest BCUT2D eigenvalue weighted by molar-refractivity contribution is 5.76. The van der Waals surface area contributed by atoms with Crippen LogP contribution in [0.15, 0.2) is 24.3 Å². The average Bonchev–Trinajstić information content (AvgIpc) is 2.19. The Labute approximate surface area is 80.7 Å². The highest BCUT2D eigenvalue weighted by Gasteiger charge is 2.02. The number of benzene rings is 1. The van der Waals surface area contributed by atoms with Crippen LogP contribution in [-0.2, 0) is 4.79 Å². The molecule has 0 N–H and O–H groups in total. The Bertz CT molecular complexity index is 375. The van der Waals surface area contributed by atoms with Crippen LogP contribution >= 0.6 is 0 Å². The smallest absolute Gasteiger partial charge is 0.325 e. The molecule has 4 nitrogen and oxygen atoms in total. The van der Waals surface area contributed by atoms with Crippen molar-refractivity contribution in [1.82, 2.24) is 0 Å². The summed E-state index contributed by atoms with van der Waals surface area (Å²) in [6.45, 7) is 0. The zero-order valence-corrected chi connectivity index (χ0v) is 7.27. The zero-order chi connectivity index (χ0) is 10.4. The van der Waals surface area contributed by atoms with Crippen molar-refractivity contribution in [3.8, 4) is 11.8 Å². The normalized spacial score (nSPS) is 8.79. The molecule has 0 saturated carbocycles. The number of carbonyl (C=O) groups excluding carboxylic acids is 2. The minimum Gasteiger partial charge on any atom is -0.426 e. The molecular formula is C10H7NO3. The van der Waals surface area contributed by atoms with Crippen molar-refractivity contribution >= 4 is 12.3 Å². The summed E-state index contributed by atoms with van der Waals surface area (Å²) in [6.07, 6.45) is 0.413. The van der Waals surface area contributed by atoms with Crippen LogP contribution in [0.5, 0.6) is 5.75 Å². The van der Waals surface area contributed by atoms with Crippen LogP contribution in [-0.4, -0.2) is 12.3 Å². The third-order valence-corrected chi connectivity index (χ3v) is 1.47. The van der Waals surface area contributed by atoms with Gasteiger partial charge in [-0.15, -0.1) is 0 Å². The number of carbonyl (C=O) groups is 2. The van der Waals surface area contributed by atoms with Gasteiger partial charge in [-0.05, 0) is 24.3 Å². The number of esters is 1. The fourth-order valence-corrected chi connectivity index (χ4v) is 0.847. The number of rotatable bonds is 3. The summed E-state index contributed by atoms with van der Waals surface area (Å²) in [6, 6.07) is 7.74. The minimum atomic E-state index is -0.605. The number of ether oxygens (including phenoxy) is 1. The molecule has 1 aromatic rings. The number of aldehydes is 1. The van der Waals surface area contributed by atoms with Crippen molar-refractivity contribution in [2.24, 2.45) is 0 Å². The third kappa shape index (κ3) is 2.72. The molecule has 0 heterocycles. The van der Waals surface area contributed by atoms with Gasteiger partial charge in [0.25, 0.3) is 0 Å². The lowest BCUT2D eigenvalue weighted by Gasteiger charge is -2.00. The monoisotopic (exact) mass is 189 g/mol. The molecule has 1 aromatic carbocycles. The van der Waals surface area contributed by atoms with Crippen molar-refractivity contribution in [3.63, 3.8) is 0 Å². The van der Waals surface area contributed by atoms with Crippen molar-refractivity contribution in [3.05, 3.63) is 29.8 Å². The lowest BCUT2D eigenvalue weighted by molar-refractivity contribution is -0.133. The third-order valence-electron chi connectivity index (χ3n) is 1.47. The van der Waals surface area contributed by atoms with Gasteiger partial charge in [0.2, 0.25) is 0 Å². The Morgan fingerprint density at radius 2 is 2.07 bits per heavy atom. The predicted octanol–water partition coefficient (Wildman–Crippen LogP) is 1.32. The van der Waals surface area contributed by atoms with Gasteiger partial charge in [-0.2, -0.15) is 5.26 Å². The number of hydrogen-bond donors (Lipinski definition) is 0. The number of hydrogen-bond acceptors (Lipinski definition) is 4. The van der Waals surface area contributed by atoms with E-state index in [0.29, 0.717) is 17.6 Å². The molecule has 0 aliphatic carbocycles. The molecule has 0 spiro atoms. The van der Waals surface area contributed by atoms with E-state index in [2.05, 4.69) is 0 Å². The summed E-state index contributed by atoms with van der Waals surface area (Å²) in [5.41, 5.74) is 0.505. The van der Waals surface area contributed by atoms with E-state index in [-0.39, 0.29) is 6.42 Å². The molecule has 0 saturated heterocycles. The van der Waals surface area contributed by atoms with E-state index >= 15 is 0 Å². The van der Waals surface area contributed by atoms with Gasteiger partial charge in [0.15, 0.2) is 0 Å². The molecule has 4 heteroatoms. The maximum atomic E-state index is 10.9. The average molecular weight is 189 g/mol. The molecule has 0 atom stereocenters. The second kappa shape index (κ2) is 4.77. The van der Waals surface area contributed by atoms with Gasteiger partial charge in [-0.25, -0.2) is 0 Å². The Hall–Kier alpha value is -2.15. The van der Waals surface area contributed by atoms with E-state index in [9.17, 15) is 9.59 Å². The molecule has 0 bridgehead atoms. The van der Waals surface area contributed by atoms with Crippen LogP contribution < -0.4 is 4.74 Å². The molecular weight excluding hydrogens is 182 g/mol. The summed E-state index contributed by atoms with van der Waals surface area (Å²) < 4.78 is 4.78. The second-order valence-corrected chi connectivity index (χ2v) is 2.50. The fourth-order valence-electron chi connectivity index (χ4n) is 0.847. The highest BCUT2D eigenvalue weighted by Crippen LogP contribution is 2.11. The Balaban J connectivity index is 2.65. The first-order valence-electron chi connectivity index (χ1n) is 3.89. The van der Waals surface area contributed by atoms with Gasteiger partial charge in [0.05, 0.1) is 6.07 Å². The zero-order valence-electron chi connectivity index (χ0n) is 7.27. The topological polar surface area (TPSA) is 67.2 Å². The first kappa shape index (κ1) is 9.93. The van der Waals surface area contributed by atoms with E-state index in [1.165, 1.54) is 24.3 Å². The van der Waals surface area contributed by atoms with Gasteiger partial charge in [-0.1, -0.05) is 0 Å². The Morgan fingerprint density at radius 3 is 2.57 bits per heavy atom. The largest absolute Gasteiger partial charge is 0.426 e. The van der Waals surface area contributed by atoms with Crippen molar-refractivity contribution in [2.45, 2.75) is 6.42 Å². The summed E-state index contributed by atoms with van der Waals surface area (Å²) in [4.78, 5) is 21.1. The summed E-state index contributed by atoms with van der Waals surface area (Å²) in [5, 5.41) is 8.20. The van der Waals surface area contributed by atoms with E-state index in [4.69, 9.17) is 10.00 Å². The molecule has 1 rings (SSSR count). The first-order chi connectivity index (χ1) is 6.76. The molecule has 0 aromatic heterocycles. The number of nitriles is 1. The van der Waals surface area contributed by atoms with Crippen molar-refractivity contribution in [2.75, 3.05) is 0 Å². The standard InChI is InChI=1S/C10H7NO3/c11-6-5-10(13)14-9-3-1-8(7-12)2-4-9/h1-4,7H,5H2. The fraction of sp³-hybridized carbons (Fsp3) is 0.100.